The average molecular weight is 396 g/mol. The van der Waals surface area contributed by atoms with Gasteiger partial charge in [-0.25, -0.2) is 19.0 Å². The maximum Gasteiger partial charge on any atom is 0.266 e. The molecule has 1 aliphatic heterocycles. The van der Waals surface area contributed by atoms with E-state index in [1.54, 1.807) is 18.2 Å². The summed E-state index contributed by atoms with van der Waals surface area (Å²) in [6.07, 6.45) is 4.89. The molecule has 4 rings (SSSR count). The second-order valence-electron chi connectivity index (χ2n) is 7.49. The summed E-state index contributed by atoms with van der Waals surface area (Å²) in [6, 6.07) is 8.16. The number of nitrogens with zero attached hydrogens (tertiary/aromatic N) is 5. The first kappa shape index (κ1) is 19.4. The van der Waals surface area contributed by atoms with E-state index in [2.05, 4.69) is 25.3 Å². The van der Waals surface area contributed by atoms with Gasteiger partial charge in [0.05, 0.1) is 17.8 Å². The lowest BCUT2D eigenvalue weighted by molar-refractivity contribution is 0.148. The fourth-order valence-electron chi connectivity index (χ4n) is 3.90. The summed E-state index contributed by atoms with van der Waals surface area (Å²) in [5.74, 6) is 0.349. The van der Waals surface area contributed by atoms with Crippen LogP contribution in [0, 0.1) is 12.7 Å². The van der Waals surface area contributed by atoms with Crippen LogP contribution in [-0.4, -0.2) is 50.3 Å². The van der Waals surface area contributed by atoms with Crippen LogP contribution in [-0.2, 0) is 6.54 Å². The molecule has 0 saturated carbocycles. The lowest BCUT2D eigenvalue weighted by Gasteiger charge is -2.36. The summed E-state index contributed by atoms with van der Waals surface area (Å²) in [4.78, 5) is 22.9. The highest BCUT2D eigenvalue weighted by Gasteiger charge is 2.22. The Morgan fingerprint density at radius 1 is 1.17 bits per heavy atom. The maximum atomic E-state index is 13.7. The maximum absolute atomic E-state index is 13.7. The van der Waals surface area contributed by atoms with Crippen LogP contribution in [0.25, 0.3) is 10.9 Å². The smallest absolute Gasteiger partial charge is 0.266 e. The van der Waals surface area contributed by atoms with E-state index in [1.807, 2.05) is 6.92 Å². The number of aryl methyl sites for hydroxylation is 1. The van der Waals surface area contributed by atoms with E-state index in [4.69, 9.17) is 0 Å². The number of benzene rings is 1. The lowest BCUT2D eigenvalue weighted by atomic mass is 10.0. The second kappa shape index (κ2) is 8.65. The molecule has 1 atom stereocenters. The van der Waals surface area contributed by atoms with E-state index in [1.165, 1.54) is 29.6 Å². The second-order valence-corrected chi connectivity index (χ2v) is 7.49. The molecular weight excluding hydrogens is 371 g/mol. The number of hydrogen-bond acceptors (Lipinski definition) is 6. The number of anilines is 1. The van der Waals surface area contributed by atoms with Crippen molar-refractivity contribution in [2.75, 3.05) is 25.0 Å². The Bertz CT molecular complexity index is 1050. The van der Waals surface area contributed by atoms with Crippen LogP contribution in [0.3, 0.4) is 0 Å². The molecule has 3 aromatic rings. The number of likely N-dealkylation sites (tertiary alicyclic amines) is 1. The number of hydrogen-bond donors (Lipinski definition) is 1. The highest BCUT2D eigenvalue weighted by atomic mass is 19.1. The molecule has 1 aliphatic rings. The van der Waals surface area contributed by atoms with Gasteiger partial charge in [-0.15, -0.1) is 0 Å². The van der Waals surface area contributed by atoms with E-state index < -0.39 is 0 Å². The number of rotatable bonds is 6. The van der Waals surface area contributed by atoms with Crippen LogP contribution in [0.1, 0.15) is 25.0 Å². The van der Waals surface area contributed by atoms with E-state index in [0.717, 1.165) is 31.6 Å². The third-order valence-electron chi connectivity index (χ3n) is 5.45. The van der Waals surface area contributed by atoms with Gasteiger partial charge in [0, 0.05) is 30.6 Å². The van der Waals surface area contributed by atoms with Crippen LogP contribution in [0.4, 0.5) is 10.2 Å². The molecule has 152 valence electrons. The van der Waals surface area contributed by atoms with Crippen molar-refractivity contribution < 1.29 is 4.39 Å². The molecule has 1 N–H and O–H groups in total. The Morgan fingerprint density at radius 2 is 2.07 bits per heavy atom. The Hall–Kier alpha value is -2.87. The summed E-state index contributed by atoms with van der Waals surface area (Å²) in [5, 5.41) is 8.40. The van der Waals surface area contributed by atoms with Crippen molar-refractivity contribution in [2.24, 2.45) is 0 Å². The Morgan fingerprint density at radius 3 is 2.97 bits per heavy atom. The zero-order valence-electron chi connectivity index (χ0n) is 16.5. The number of fused-ring (bicyclic) bond motifs is 1. The van der Waals surface area contributed by atoms with Gasteiger partial charge < -0.3 is 5.32 Å². The summed E-state index contributed by atoms with van der Waals surface area (Å²) >= 11 is 0. The first-order valence-corrected chi connectivity index (χ1v) is 10.0. The highest BCUT2D eigenvalue weighted by molar-refractivity contribution is 5.88. The van der Waals surface area contributed by atoms with Gasteiger partial charge >= 0.3 is 0 Å². The van der Waals surface area contributed by atoms with Gasteiger partial charge in [0.25, 0.3) is 5.56 Å². The lowest BCUT2D eigenvalue weighted by Crippen LogP contribution is -2.45. The van der Waals surface area contributed by atoms with Crippen molar-refractivity contribution in [3.8, 4) is 0 Å². The van der Waals surface area contributed by atoms with Gasteiger partial charge in [-0.1, -0.05) is 6.42 Å². The molecule has 0 radical (unpaired) electrons. The van der Waals surface area contributed by atoms with E-state index in [-0.39, 0.29) is 11.4 Å². The minimum absolute atomic E-state index is 0.0724. The third-order valence-corrected chi connectivity index (χ3v) is 5.45. The largest absolute Gasteiger partial charge is 0.368 e. The molecule has 0 spiro atoms. The van der Waals surface area contributed by atoms with Crippen molar-refractivity contribution in [3.63, 3.8) is 0 Å². The fourth-order valence-corrected chi connectivity index (χ4v) is 3.90. The molecule has 2 aromatic heterocycles. The molecular formula is C21H25FN6O. The summed E-state index contributed by atoms with van der Waals surface area (Å²) < 4.78 is 15.2. The molecule has 0 aliphatic carbocycles. The monoisotopic (exact) mass is 396 g/mol. The number of aromatic nitrogens is 4. The predicted molar refractivity (Wildman–Crippen MR) is 110 cm³/mol. The summed E-state index contributed by atoms with van der Waals surface area (Å²) in [7, 11) is 0. The molecule has 0 bridgehead atoms. The van der Waals surface area contributed by atoms with Gasteiger partial charge in [-0.3, -0.25) is 9.69 Å². The summed E-state index contributed by atoms with van der Waals surface area (Å²) in [5.41, 5.74) is 1.48. The van der Waals surface area contributed by atoms with Crippen LogP contribution in [0.5, 0.6) is 0 Å². The van der Waals surface area contributed by atoms with Crippen molar-refractivity contribution in [2.45, 2.75) is 38.8 Å². The molecule has 1 aromatic carbocycles. The van der Waals surface area contributed by atoms with Crippen LogP contribution < -0.4 is 10.9 Å². The molecule has 29 heavy (non-hydrogen) atoms. The van der Waals surface area contributed by atoms with Crippen molar-refractivity contribution in [1.29, 1.82) is 0 Å². The van der Waals surface area contributed by atoms with Crippen LogP contribution >= 0.6 is 0 Å². The standard InChI is InChI=1S/C21H25FN6O/c1-15-5-8-20(29)28(26-15)11-10-27-9-3-2-4-17(27)13-23-21-18-12-16(22)6-7-19(18)24-14-25-21/h5-8,12,14,17H,2-4,9-11,13H2,1H3,(H,23,24,25). The van der Waals surface area contributed by atoms with Gasteiger partial charge in [0.2, 0.25) is 0 Å². The minimum atomic E-state index is -0.300. The Labute approximate surface area is 168 Å². The molecule has 0 amide bonds. The quantitative estimate of drug-likeness (QED) is 0.690. The van der Waals surface area contributed by atoms with Crippen LogP contribution in [0.2, 0.25) is 0 Å². The van der Waals surface area contributed by atoms with Gasteiger partial charge in [0.1, 0.15) is 18.0 Å². The summed E-state index contributed by atoms with van der Waals surface area (Å²) in [6.45, 7) is 4.92. The molecule has 3 heterocycles. The van der Waals surface area contributed by atoms with E-state index in [9.17, 15) is 9.18 Å². The highest BCUT2D eigenvalue weighted by Crippen LogP contribution is 2.22. The minimum Gasteiger partial charge on any atom is -0.368 e. The topological polar surface area (TPSA) is 75.9 Å². The van der Waals surface area contributed by atoms with E-state index in [0.29, 0.717) is 35.9 Å². The fraction of sp³-hybridized carbons (Fsp3) is 0.429. The van der Waals surface area contributed by atoms with E-state index >= 15 is 0 Å². The van der Waals surface area contributed by atoms with Crippen molar-refractivity contribution in [1.82, 2.24) is 24.6 Å². The normalized spacial score (nSPS) is 17.5. The molecule has 8 heteroatoms. The van der Waals surface area contributed by atoms with Gasteiger partial charge in [0.15, 0.2) is 0 Å². The van der Waals surface area contributed by atoms with Gasteiger partial charge in [-0.2, -0.15) is 5.10 Å². The first-order chi connectivity index (χ1) is 14.1. The molecule has 1 fully saturated rings. The van der Waals surface area contributed by atoms with Crippen LogP contribution in [0.15, 0.2) is 41.5 Å². The number of halogens is 1. The average Bonchev–Trinajstić information content (AvgIpc) is 2.73. The SMILES string of the molecule is Cc1ccc(=O)n(CCN2CCCCC2CNc2ncnc3ccc(F)cc23)n1. The number of piperidine rings is 1. The third kappa shape index (κ3) is 4.59. The van der Waals surface area contributed by atoms with Crippen molar-refractivity contribution in [3.05, 3.63) is 58.5 Å². The first-order valence-electron chi connectivity index (χ1n) is 10.0. The number of nitrogens with one attached hydrogen (secondary N) is 1. The van der Waals surface area contributed by atoms with Gasteiger partial charge in [-0.05, 0) is 50.6 Å². The molecule has 1 saturated heterocycles. The molecule has 7 nitrogen and oxygen atoms in total. The Balaban J connectivity index is 1.44. The zero-order valence-corrected chi connectivity index (χ0v) is 16.5. The Kier molecular flexibility index (Phi) is 5.80. The molecule has 1 unspecified atom stereocenters. The zero-order chi connectivity index (χ0) is 20.2. The van der Waals surface area contributed by atoms with Crippen molar-refractivity contribution >= 4 is 16.7 Å². The predicted octanol–water partition coefficient (Wildman–Crippen LogP) is 2.60.